The van der Waals surface area contributed by atoms with Gasteiger partial charge in [-0.05, 0) is 21.0 Å². The van der Waals surface area contributed by atoms with Crippen LogP contribution in [0.15, 0.2) is 10.2 Å². The van der Waals surface area contributed by atoms with Crippen LogP contribution < -0.4 is 5.73 Å². The minimum Gasteiger partial charge on any atom is -0.314 e. The van der Waals surface area contributed by atoms with Crippen molar-refractivity contribution in [3.05, 3.63) is 0 Å². The second-order valence-electron chi connectivity index (χ2n) is 2.59. The number of nitrogens with two attached hydrogens (primary N) is 1. The van der Waals surface area contributed by atoms with Gasteiger partial charge in [0.05, 0.1) is 12.2 Å². The summed E-state index contributed by atoms with van der Waals surface area (Å²) in [5.41, 5.74) is 5.75. The standard InChI is InChI=1S/C6H16N4S/c1-5(9-8-4-11)6(7)10(2)3/h5-6,11H,4,7H2,1-3H3. The van der Waals surface area contributed by atoms with E-state index in [9.17, 15) is 0 Å². The lowest BCUT2D eigenvalue weighted by atomic mass is 10.3. The molecule has 2 N–H and O–H groups in total. The normalized spacial score (nSPS) is 17.6. The molecule has 0 aliphatic rings. The Hall–Kier alpha value is -0.130. The van der Waals surface area contributed by atoms with Gasteiger partial charge in [-0.15, -0.1) is 0 Å². The first-order chi connectivity index (χ1) is 5.09. The molecule has 66 valence electrons. The molecule has 2 unspecified atom stereocenters. The van der Waals surface area contributed by atoms with E-state index in [0.717, 1.165) is 0 Å². The Kier molecular flexibility index (Phi) is 5.45. The maximum atomic E-state index is 5.75. The van der Waals surface area contributed by atoms with E-state index < -0.39 is 0 Å². The van der Waals surface area contributed by atoms with Gasteiger partial charge in [0.1, 0.15) is 5.88 Å². The molecular weight excluding hydrogens is 160 g/mol. The lowest BCUT2D eigenvalue weighted by Crippen LogP contribution is -2.43. The summed E-state index contributed by atoms with van der Waals surface area (Å²) in [7, 11) is 3.83. The van der Waals surface area contributed by atoms with Crippen LogP contribution in [0.2, 0.25) is 0 Å². The zero-order chi connectivity index (χ0) is 8.85. The van der Waals surface area contributed by atoms with Gasteiger partial charge < -0.3 is 5.73 Å². The average Bonchev–Trinajstić information content (AvgIpc) is 1.98. The van der Waals surface area contributed by atoms with Crippen LogP contribution in [0.1, 0.15) is 6.92 Å². The molecule has 0 radical (unpaired) electrons. The molecule has 0 bridgehead atoms. The maximum Gasteiger partial charge on any atom is 0.102 e. The molecule has 0 rings (SSSR count). The van der Waals surface area contributed by atoms with Gasteiger partial charge >= 0.3 is 0 Å². The van der Waals surface area contributed by atoms with Crippen molar-refractivity contribution < 1.29 is 0 Å². The summed E-state index contributed by atoms with van der Waals surface area (Å²) in [6.45, 7) is 1.93. The predicted molar refractivity (Wildman–Crippen MR) is 49.8 cm³/mol. The number of hydrogen-bond acceptors (Lipinski definition) is 5. The third-order valence-corrected chi connectivity index (χ3v) is 1.54. The Morgan fingerprint density at radius 1 is 1.55 bits per heavy atom. The number of nitrogens with zero attached hydrogens (tertiary/aromatic N) is 3. The highest BCUT2D eigenvalue weighted by molar-refractivity contribution is 7.80. The Bertz CT molecular complexity index is 126. The number of likely N-dealkylation sites (N-methyl/N-ethyl adjacent to an activating group) is 1. The molecule has 0 heterocycles. The van der Waals surface area contributed by atoms with Crippen LogP contribution in [-0.2, 0) is 0 Å². The molecule has 0 saturated heterocycles. The number of rotatable bonds is 4. The maximum absolute atomic E-state index is 5.75. The van der Waals surface area contributed by atoms with E-state index in [-0.39, 0.29) is 12.2 Å². The van der Waals surface area contributed by atoms with Crippen molar-refractivity contribution in [1.29, 1.82) is 0 Å². The van der Waals surface area contributed by atoms with Crippen molar-refractivity contribution in [3.63, 3.8) is 0 Å². The van der Waals surface area contributed by atoms with Crippen LogP contribution in [0.4, 0.5) is 0 Å². The van der Waals surface area contributed by atoms with E-state index >= 15 is 0 Å². The van der Waals surface area contributed by atoms with Crippen molar-refractivity contribution >= 4 is 12.6 Å². The van der Waals surface area contributed by atoms with Crippen LogP contribution in [0.3, 0.4) is 0 Å². The average molecular weight is 176 g/mol. The van der Waals surface area contributed by atoms with Gasteiger partial charge in [-0.25, -0.2) is 0 Å². The summed E-state index contributed by atoms with van der Waals surface area (Å²) in [6, 6.07) is 0.0251. The molecule has 0 aliphatic heterocycles. The lowest BCUT2D eigenvalue weighted by molar-refractivity contribution is 0.265. The highest BCUT2D eigenvalue weighted by atomic mass is 32.1. The van der Waals surface area contributed by atoms with Crippen molar-refractivity contribution in [2.24, 2.45) is 16.0 Å². The van der Waals surface area contributed by atoms with E-state index in [4.69, 9.17) is 5.73 Å². The van der Waals surface area contributed by atoms with Crippen LogP contribution in [0.25, 0.3) is 0 Å². The molecule has 0 saturated carbocycles. The third-order valence-electron chi connectivity index (χ3n) is 1.42. The number of thiol groups is 1. The van der Waals surface area contributed by atoms with Crippen LogP contribution in [-0.4, -0.2) is 37.1 Å². The minimum absolute atomic E-state index is 0.0251. The van der Waals surface area contributed by atoms with E-state index in [1.54, 1.807) is 0 Å². The zero-order valence-electron chi connectivity index (χ0n) is 7.23. The Morgan fingerprint density at radius 3 is 2.45 bits per heavy atom. The number of hydrogen-bond donors (Lipinski definition) is 2. The molecule has 0 spiro atoms. The van der Waals surface area contributed by atoms with E-state index in [1.165, 1.54) is 0 Å². The van der Waals surface area contributed by atoms with Crippen molar-refractivity contribution in [3.8, 4) is 0 Å². The third kappa shape index (κ3) is 4.34. The van der Waals surface area contributed by atoms with Crippen molar-refractivity contribution in [2.45, 2.75) is 19.1 Å². The predicted octanol–water partition coefficient (Wildman–Crippen LogP) is 0.561. The largest absolute Gasteiger partial charge is 0.314 e. The zero-order valence-corrected chi connectivity index (χ0v) is 8.12. The molecule has 11 heavy (non-hydrogen) atoms. The van der Waals surface area contributed by atoms with Crippen molar-refractivity contribution in [1.82, 2.24) is 4.90 Å². The van der Waals surface area contributed by atoms with Gasteiger partial charge in [0.2, 0.25) is 0 Å². The topological polar surface area (TPSA) is 54.0 Å². The minimum atomic E-state index is -0.0707. The second-order valence-corrected chi connectivity index (χ2v) is 2.88. The molecular formula is C6H16N4S. The Balaban J connectivity index is 3.81. The molecule has 4 nitrogen and oxygen atoms in total. The van der Waals surface area contributed by atoms with Gasteiger partial charge in [-0.1, -0.05) is 0 Å². The van der Waals surface area contributed by atoms with Crippen LogP contribution in [0.5, 0.6) is 0 Å². The fourth-order valence-electron chi connectivity index (χ4n) is 0.665. The highest BCUT2D eigenvalue weighted by Crippen LogP contribution is 1.98. The molecule has 0 fully saturated rings. The summed E-state index contributed by atoms with van der Waals surface area (Å²) >= 11 is 3.90. The van der Waals surface area contributed by atoms with Gasteiger partial charge in [0.25, 0.3) is 0 Å². The molecule has 0 aromatic carbocycles. The summed E-state index contributed by atoms with van der Waals surface area (Å²) in [6.07, 6.45) is -0.0707. The smallest absolute Gasteiger partial charge is 0.102 e. The summed E-state index contributed by atoms with van der Waals surface area (Å²) in [5, 5.41) is 7.70. The fourth-order valence-corrected chi connectivity index (χ4v) is 0.738. The quantitative estimate of drug-likeness (QED) is 0.373. The fraction of sp³-hybridized carbons (Fsp3) is 1.00. The van der Waals surface area contributed by atoms with Crippen molar-refractivity contribution in [2.75, 3.05) is 20.0 Å². The summed E-state index contributed by atoms with van der Waals surface area (Å²) < 4.78 is 0. The second kappa shape index (κ2) is 5.51. The van der Waals surface area contributed by atoms with E-state index in [0.29, 0.717) is 5.88 Å². The van der Waals surface area contributed by atoms with Gasteiger partial charge in [0.15, 0.2) is 0 Å². The molecule has 5 heteroatoms. The van der Waals surface area contributed by atoms with Crippen LogP contribution in [0, 0.1) is 0 Å². The van der Waals surface area contributed by atoms with E-state index in [2.05, 4.69) is 22.9 Å². The van der Waals surface area contributed by atoms with Gasteiger partial charge in [-0.3, -0.25) is 4.90 Å². The Labute approximate surface area is 73.3 Å². The first-order valence-corrected chi connectivity index (χ1v) is 4.12. The van der Waals surface area contributed by atoms with E-state index in [1.807, 2.05) is 25.9 Å². The van der Waals surface area contributed by atoms with Gasteiger partial charge in [-0.2, -0.15) is 22.9 Å². The SMILES string of the molecule is CC(N=NCS)C(N)N(C)C. The molecule has 0 aromatic heterocycles. The molecule has 0 aromatic rings. The first kappa shape index (κ1) is 10.9. The number of azo groups is 1. The lowest BCUT2D eigenvalue weighted by Gasteiger charge is -2.22. The molecule has 0 amide bonds. The highest BCUT2D eigenvalue weighted by Gasteiger charge is 2.12. The monoisotopic (exact) mass is 176 g/mol. The Morgan fingerprint density at radius 2 is 2.09 bits per heavy atom. The van der Waals surface area contributed by atoms with Gasteiger partial charge in [0, 0.05) is 0 Å². The van der Waals surface area contributed by atoms with Crippen LogP contribution >= 0.6 is 12.6 Å². The first-order valence-electron chi connectivity index (χ1n) is 3.49. The molecule has 2 atom stereocenters. The summed E-state index contributed by atoms with van der Waals surface area (Å²) in [4.78, 5) is 1.90. The molecule has 0 aliphatic carbocycles. The summed E-state index contributed by atoms with van der Waals surface area (Å²) in [5.74, 6) is 0.421.